The zero-order chi connectivity index (χ0) is 19.6. The second-order valence-electron chi connectivity index (χ2n) is 7.07. The van der Waals surface area contributed by atoms with Crippen LogP contribution in [0.4, 0.5) is 0 Å². The van der Waals surface area contributed by atoms with Gasteiger partial charge in [-0.2, -0.15) is 10.2 Å². The molecule has 0 saturated heterocycles. The molecule has 27 heavy (non-hydrogen) atoms. The van der Waals surface area contributed by atoms with Crippen molar-refractivity contribution < 1.29 is 4.79 Å². The standard InChI is InChI=1S/C21H24N4OS/c1-13(2)20-23-18(12-27-20)11-25(5)21(26)17-8-6-7-16(9-17)19-15(4)14(3)10-22-24-19/h6-10,12-13H,11H2,1-5H3. The van der Waals surface area contributed by atoms with Gasteiger partial charge in [-0.25, -0.2) is 4.98 Å². The van der Waals surface area contributed by atoms with Crippen LogP contribution >= 0.6 is 11.3 Å². The Kier molecular flexibility index (Phi) is 5.65. The topological polar surface area (TPSA) is 59.0 Å². The van der Waals surface area contributed by atoms with Crippen molar-refractivity contribution in [2.24, 2.45) is 0 Å². The predicted octanol–water partition coefficient (Wildman–Crippen LogP) is 4.61. The molecule has 1 amide bonds. The summed E-state index contributed by atoms with van der Waals surface area (Å²) in [5, 5.41) is 11.4. The molecule has 0 spiro atoms. The molecule has 5 nitrogen and oxygen atoms in total. The third kappa shape index (κ3) is 4.22. The summed E-state index contributed by atoms with van der Waals surface area (Å²) >= 11 is 1.65. The van der Waals surface area contributed by atoms with Gasteiger partial charge >= 0.3 is 0 Å². The van der Waals surface area contributed by atoms with Gasteiger partial charge in [-0.1, -0.05) is 26.0 Å². The molecule has 1 aromatic carbocycles. The van der Waals surface area contributed by atoms with Gasteiger partial charge in [0.1, 0.15) is 0 Å². The van der Waals surface area contributed by atoms with Crippen molar-refractivity contribution in [1.29, 1.82) is 0 Å². The molecule has 0 aliphatic rings. The number of benzene rings is 1. The Morgan fingerprint density at radius 1 is 1.26 bits per heavy atom. The minimum atomic E-state index is -0.0331. The lowest BCUT2D eigenvalue weighted by Crippen LogP contribution is -2.26. The van der Waals surface area contributed by atoms with Crippen LogP contribution in [0.25, 0.3) is 11.3 Å². The van der Waals surface area contributed by atoms with Gasteiger partial charge in [0.05, 0.1) is 29.1 Å². The molecule has 0 aliphatic heterocycles. The molecule has 140 valence electrons. The van der Waals surface area contributed by atoms with Gasteiger partial charge in [0, 0.05) is 29.5 Å². The summed E-state index contributed by atoms with van der Waals surface area (Å²) in [4.78, 5) is 19.2. The highest BCUT2D eigenvalue weighted by atomic mass is 32.1. The van der Waals surface area contributed by atoms with Crippen molar-refractivity contribution in [3.63, 3.8) is 0 Å². The van der Waals surface area contributed by atoms with Gasteiger partial charge in [0.2, 0.25) is 0 Å². The molecule has 0 saturated carbocycles. The molecule has 3 rings (SSSR count). The first-order valence-electron chi connectivity index (χ1n) is 8.96. The number of hydrogen-bond donors (Lipinski definition) is 0. The number of carbonyl (C=O) groups excluding carboxylic acids is 1. The highest BCUT2D eigenvalue weighted by molar-refractivity contribution is 7.09. The molecule has 0 bridgehead atoms. The minimum Gasteiger partial charge on any atom is -0.336 e. The maximum atomic E-state index is 12.9. The van der Waals surface area contributed by atoms with Crippen LogP contribution in [0.3, 0.4) is 0 Å². The molecule has 0 aliphatic carbocycles. The highest BCUT2D eigenvalue weighted by Gasteiger charge is 2.16. The molecule has 0 atom stereocenters. The summed E-state index contributed by atoms with van der Waals surface area (Å²) in [5.74, 6) is 0.370. The van der Waals surface area contributed by atoms with E-state index in [-0.39, 0.29) is 5.91 Å². The molecule has 6 heteroatoms. The van der Waals surface area contributed by atoms with Crippen molar-refractivity contribution in [2.75, 3.05) is 7.05 Å². The number of thiazole rings is 1. The third-order valence-electron chi connectivity index (χ3n) is 4.55. The maximum Gasteiger partial charge on any atom is 0.253 e. The number of amides is 1. The fourth-order valence-electron chi connectivity index (χ4n) is 2.80. The van der Waals surface area contributed by atoms with Crippen LogP contribution in [0.2, 0.25) is 0 Å². The van der Waals surface area contributed by atoms with Crippen LogP contribution in [-0.4, -0.2) is 33.0 Å². The normalized spacial score (nSPS) is 11.0. The average Bonchev–Trinajstić information content (AvgIpc) is 3.12. The Morgan fingerprint density at radius 3 is 2.74 bits per heavy atom. The van der Waals surface area contributed by atoms with E-state index in [1.165, 1.54) is 0 Å². The molecular formula is C21H24N4OS. The first kappa shape index (κ1) is 19.2. The van der Waals surface area contributed by atoms with Crippen LogP contribution in [0.1, 0.15) is 52.0 Å². The predicted molar refractivity (Wildman–Crippen MR) is 109 cm³/mol. The van der Waals surface area contributed by atoms with Crippen LogP contribution in [0.15, 0.2) is 35.8 Å². The van der Waals surface area contributed by atoms with Crippen molar-refractivity contribution in [3.05, 3.63) is 63.2 Å². The van der Waals surface area contributed by atoms with Crippen LogP contribution in [0, 0.1) is 13.8 Å². The van der Waals surface area contributed by atoms with E-state index in [1.54, 1.807) is 29.5 Å². The fraction of sp³-hybridized carbons (Fsp3) is 0.333. The van der Waals surface area contributed by atoms with E-state index in [0.717, 1.165) is 33.1 Å². The quantitative estimate of drug-likeness (QED) is 0.648. The molecule has 0 unspecified atom stereocenters. The van der Waals surface area contributed by atoms with Gasteiger partial charge in [0.25, 0.3) is 5.91 Å². The molecule has 0 N–H and O–H groups in total. The summed E-state index contributed by atoms with van der Waals surface area (Å²) < 4.78 is 0. The minimum absolute atomic E-state index is 0.0331. The van der Waals surface area contributed by atoms with Gasteiger partial charge in [-0.05, 0) is 37.1 Å². The van der Waals surface area contributed by atoms with E-state index in [9.17, 15) is 4.79 Å². The van der Waals surface area contributed by atoms with Crippen molar-refractivity contribution in [3.8, 4) is 11.3 Å². The molecule has 0 fully saturated rings. The van der Waals surface area contributed by atoms with E-state index in [0.29, 0.717) is 18.0 Å². The van der Waals surface area contributed by atoms with E-state index in [4.69, 9.17) is 0 Å². The number of aromatic nitrogens is 3. The molecular weight excluding hydrogens is 356 g/mol. The van der Waals surface area contributed by atoms with E-state index in [2.05, 4.69) is 29.0 Å². The smallest absolute Gasteiger partial charge is 0.253 e. The summed E-state index contributed by atoms with van der Waals surface area (Å²) in [6.07, 6.45) is 1.75. The Labute approximate surface area is 164 Å². The lowest BCUT2D eigenvalue weighted by Gasteiger charge is -2.16. The number of carbonyl (C=O) groups is 1. The van der Waals surface area contributed by atoms with Gasteiger partial charge < -0.3 is 4.90 Å². The number of rotatable bonds is 5. The molecule has 3 aromatic rings. The van der Waals surface area contributed by atoms with Gasteiger partial charge in [-0.15, -0.1) is 11.3 Å². The van der Waals surface area contributed by atoms with Crippen molar-refractivity contribution in [2.45, 2.75) is 40.2 Å². The third-order valence-corrected chi connectivity index (χ3v) is 5.74. The Hall–Kier alpha value is -2.60. The zero-order valence-corrected chi connectivity index (χ0v) is 17.2. The summed E-state index contributed by atoms with van der Waals surface area (Å²) in [6, 6.07) is 7.57. The maximum absolute atomic E-state index is 12.9. The lowest BCUT2D eigenvalue weighted by atomic mass is 10.0. The molecule has 0 radical (unpaired) electrons. The SMILES string of the molecule is Cc1cnnc(-c2cccc(C(=O)N(C)Cc3csc(C(C)C)n3)c2)c1C. The van der Waals surface area contributed by atoms with E-state index < -0.39 is 0 Å². The van der Waals surface area contributed by atoms with E-state index >= 15 is 0 Å². The lowest BCUT2D eigenvalue weighted by molar-refractivity contribution is 0.0783. The molecule has 2 aromatic heterocycles. The second kappa shape index (κ2) is 7.96. The van der Waals surface area contributed by atoms with Crippen LogP contribution < -0.4 is 0 Å². The molecule has 2 heterocycles. The second-order valence-corrected chi connectivity index (χ2v) is 7.96. The van der Waals surface area contributed by atoms with Crippen LogP contribution in [-0.2, 0) is 6.54 Å². The first-order chi connectivity index (χ1) is 12.9. The average molecular weight is 381 g/mol. The monoisotopic (exact) mass is 380 g/mol. The summed E-state index contributed by atoms with van der Waals surface area (Å²) in [6.45, 7) is 8.78. The highest BCUT2D eigenvalue weighted by Crippen LogP contribution is 2.24. The number of nitrogens with zero attached hydrogens (tertiary/aromatic N) is 4. The van der Waals surface area contributed by atoms with Gasteiger partial charge in [0.15, 0.2) is 0 Å². The first-order valence-corrected chi connectivity index (χ1v) is 9.84. The van der Waals surface area contributed by atoms with Crippen molar-refractivity contribution in [1.82, 2.24) is 20.1 Å². The zero-order valence-electron chi connectivity index (χ0n) is 16.4. The fourth-order valence-corrected chi connectivity index (χ4v) is 3.63. The Balaban J connectivity index is 1.81. The van der Waals surface area contributed by atoms with Crippen molar-refractivity contribution >= 4 is 17.2 Å². The number of hydrogen-bond acceptors (Lipinski definition) is 5. The summed E-state index contributed by atoms with van der Waals surface area (Å²) in [5.41, 5.74) is 5.44. The Morgan fingerprint density at radius 2 is 2.04 bits per heavy atom. The van der Waals surface area contributed by atoms with Crippen LogP contribution in [0.5, 0.6) is 0 Å². The van der Waals surface area contributed by atoms with E-state index in [1.807, 2.05) is 43.5 Å². The van der Waals surface area contributed by atoms with Gasteiger partial charge in [-0.3, -0.25) is 4.79 Å². The summed E-state index contributed by atoms with van der Waals surface area (Å²) in [7, 11) is 1.81. The largest absolute Gasteiger partial charge is 0.336 e. The number of aryl methyl sites for hydroxylation is 1. The Bertz CT molecular complexity index is 964.